The van der Waals surface area contributed by atoms with Gasteiger partial charge in [-0.3, -0.25) is 9.69 Å². The largest absolute Gasteiger partial charge is 0.496 e. The summed E-state index contributed by atoms with van der Waals surface area (Å²) in [6.07, 6.45) is 0.0949. The van der Waals surface area contributed by atoms with E-state index in [0.717, 1.165) is 11.3 Å². The Morgan fingerprint density at radius 2 is 1.88 bits per heavy atom. The third-order valence-electron chi connectivity index (χ3n) is 4.50. The summed E-state index contributed by atoms with van der Waals surface area (Å²) in [4.78, 5) is 29.4. The van der Waals surface area contributed by atoms with Crippen LogP contribution in [0.5, 0.6) is 11.5 Å². The van der Waals surface area contributed by atoms with Crippen LogP contribution >= 0.6 is 0 Å². The fourth-order valence-electron chi connectivity index (χ4n) is 2.82. The first kappa shape index (κ1) is 25.9. The number of hydrogen-bond acceptors (Lipinski definition) is 8. The zero-order valence-electron chi connectivity index (χ0n) is 20.1. The molecule has 1 aromatic carbocycles. The average molecular weight is 460 g/mol. The molecule has 0 atom stereocenters. The van der Waals surface area contributed by atoms with E-state index in [1.807, 2.05) is 45.0 Å². The van der Waals surface area contributed by atoms with Gasteiger partial charge < -0.3 is 24.3 Å². The minimum atomic E-state index is -0.579. The van der Waals surface area contributed by atoms with Gasteiger partial charge in [-0.15, -0.1) is 0 Å². The van der Waals surface area contributed by atoms with Gasteiger partial charge in [0, 0.05) is 37.3 Å². The highest BCUT2D eigenvalue weighted by Gasteiger charge is 2.21. The standard InChI is InChI=1S/C24H33N3O6/c1-24(2,3)33-23(29)27(4)21-9-7-8-18(26-21)12-13-32-19-11-10-17(20(14-19)30-5)15-25-16-22(28)31-6/h7-11,14,25H,12-13,15-16H2,1-6H3. The molecule has 0 saturated carbocycles. The lowest BCUT2D eigenvalue weighted by atomic mass is 10.2. The molecule has 9 heteroatoms. The maximum Gasteiger partial charge on any atom is 0.415 e. The Balaban J connectivity index is 1.92. The van der Waals surface area contributed by atoms with E-state index in [1.165, 1.54) is 12.0 Å². The molecule has 9 nitrogen and oxygen atoms in total. The van der Waals surface area contributed by atoms with E-state index in [9.17, 15) is 9.59 Å². The lowest BCUT2D eigenvalue weighted by Crippen LogP contribution is -2.34. The number of amides is 1. The molecular weight excluding hydrogens is 426 g/mol. The maximum absolute atomic E-state index is 12.3. The number of benzene rings is 1. The Morgan fingerprint density at radius 1 is 1.12 bits per heavy atom. The molecule has 0 radical (unpaired) electrons. The van der Waals surface area contributed by atoms with Gasteiger partial charge in [-0.05, 0) is 39.0 Å². The molecule has 0 fully saturated rings. The summed E-state index contributed by atoms with van der Waals surface area (Å²) in [6, 6.07) is 11.0. The van der Waals surface area contributed by atoms with E-state index < -0.39 is 11.7 Å². The van der Waals surface area contributed by atoms with Crippen molar-refractivity contribution < 1.29 is 28.5 Å². The smallest absolute Gasteiger partial charge is 0.415 e. The molecule has 1 N–H and O–H groups in total. The Labute approximate surface area is 195 Å². The topological polar surface area (TPSA) is 99.2 Å². The van der Waals surface area contributed by atoms with Crippen LogP contribution in [0.25, 0.3) is 0 Å². The minimum absolute atomic E-state index is 0.118. The van der Waals surface area contributed by atoms with Crippen LogP contribution in [-0.4, -0.2) is 57.1 Å². The molecule has 1 aromatic heterocycles. The number of rotatable bonds is 10. The van der Waals surface area contributed by atoms with Crippen molar-refractivity contribution in [2.24, 2.45) is 0 Å². The molecule has 2 aromatic rings. The number of ether oxygens (including phenoxy) is 4. The summed E-state index contributed by atoms with van der Waals surface area (Å²) in [7, 11) is 4.56. The Kier molecular flexibility index (Phi) is 9.47. The average Bonchev–Trinajstić information content (AvgIpc) is 2.78. The van der Waals surface area contributed by atoms with Crippen molar-refractivity contribution in [1.29, 1.82) is 0 Å². The predicted octanol–water partition coefficient (Wildman–Crippen LogP) is 3.35. The van der Waals surface area contributed by atoms with Crippen LogP contribution in [0.4, 0.5) is 10.6 Å². The number of pyridine rings is 1. The second-order valence-corrected chi connectivity index (χ2v) is 8.28. The molecule has 0 aliphatic carbocycles. The van der Waals surface area contributed by atoms with Crippen molar-refractivity contribution >= 4 is 17.9 Å². The highest BCUT2D eigenvalue weighted by Crippen LogP contribution is 2.25. The van der Waals surface area contributed by atoms with Crippen LogP contribution in [0.3, 0.4) is 0 Å². The normalized spacial score (nSPS) is 11.0. The van der Waals surface area contributed by atoms with E-state index in [4.69, 9.17) is 14.2 Å². The van der Waals surface area contributed by atoms with E-state index in [-0.39, 0.29) is 12.5 Å². The molecule has 33 heavy (non-hydrogen) atoms. The summed E-state index contributed by atoms with van der Waals surface area (Å²) in [5.41, 5.74) is 1.11. The Morgan fingerprint density at radius 3 is 2.55 bits per heavy atom. The number of anilines is 1. The Bertz CT molecular complexity index is 942. The highest BCUT2D eigenvalue weighted by molar-refractivity contribution is 5.85. The second-order valence-electron chi connectivity index (χ2n) is 8.28. The second kappa shape index (κ2) is 12.1. The fourth-order valence-corrected chi connectivity index (χ4v) is 2.82. The number of nitrogens with one attached hydrogen (secondary N) is 1. The van der Waals surface area contributed by atoms with Gasteiger partial charge in [0.2, 0.25) is 0 Å². The lowest BCUT2D eigenvalue weighted by molar-refractivity contribution is -0.139. The monoisotopic (exact) mass is 459 g/mol. The first-order chi connectivity index (χ1) is 15.6. The summed E-state index contributed by atoms with van der Waals surface area (Å²) < 4.78 is 21.3. The molecular formula is C24H33N3O6. The van der Waals surface area contributed by atoms with Gasteiger partial charge >= 0.3 is 12.1 Å². The molecule has 0 unspecified atom stereocenters. The van der Waals surface area contributed by atoms with Gasteiger partial charge in [0.25, 0.3) is 0 Å². The molecule has 2 rings (SSSR count). The first-order valence-electron chi connectivity index (χ1n) is 10.6. The zero-order valence-corrected chi connectivity index (χ0v) is 20.1. The molecule has 1 amide bonds. The molecule has 0 spiro atoms. The Hall–Kier alpha value is -3.33. The quantitative estimate of drug-likeness (QED) is 0.540. The van der Waals surface area contributed by atoms with Crippen LogP contribution < -0.4 is 19.7 Å². The van der Waals surface area contributed by atoms with Crippen LogP contribution in [0.15, 0.2) is 36.4 Å². The number of carbonyl (C=O) groups is 2. The van der Waals surface area contributed by atoms with E-state index in [1.54, 1.807) is 26.3 Å². The summed E-state index contributed by atoms with van der Waals surface area (Å²) in [6.45, 7) is 6.43. The molecule has 0 saturated heterocycles. The number of methoxy groups -OCH3 is 2. The van der Waals surface area contributed by atoms with E-state index in [2.05, 4.69) is 15.0 Å². The molecule has 180 valence electrons. The van der Waals surface area contributed by atoms with Crippen LogP contribution in [0, 0.1) is 0 Å². The number of nitrogens with zero attached hydrogens (tertiary/aromatic N) is 2. The SMILES string of the molecule is COC(=O)CNCc1ccc(OCCc2cccc(N(C)C(=O)OC(C)(C)C)n2)cc1OC. The predicted molar refractivity (Wildman–Crippen MR) is 125 cm³/mol. The summed E-state index contributed by atoms with van der Waals surface area (Å²) in [5, 5.41) is 3.01. The van der Waals surface area contributed by atoms with Crippen molar-refractivity contribution in [3.8, 4) is 11.5 Å². The van der Waals surface area contributed by atoms with Gasteiger partial charge in [0.1, 0.15) is 22.9 Å². The molecule has 0 aliphatic heterocycles. The molecule has 1 heterocycles. The number of esters is 1. The third-order valence-corrected chi connectivity index (χ3v) is 4.50. The van der Waals surface area contributed by atoms with Gasteiger partial charge in [-0.2, -0.15) is 0 Å². The van der Waals surface area contributed by atoms with Crippen molar-refractivity contribution in [2.45, 2.75) is 39.3 Å². The fraction of sp³-hybridized carbons (Fsp3) is 0.458. The van der Waals surface area contributed by atoms with Gasteiger partial charge in [0.05, 0.1) is 27.4 Å². The third kappa shape index (κ3) is 8.61. The summed E-state index contributed by atoms with van der Waals surface area (Å²) >= 11 is 0. The van der Waals surface area contributed by atoms with Crippen molar-refractivity contribution in [1.82, 2.24) is 10.3 Å². The lowest BCUT2D eigenvalue weighted by Gasteiger charge is -2.24. The van der Waals surface area contributed by atoms with Crippen LogP contribution in [0.2, 0.25) is 0 Å². The highest BCUT2D eigenvalue weighted by atomic mass is 16.6. The molecule has 0 aliphatic rings. The van der Waals surface area contributed by atoms with Crippen molar-refractivity contribution in [2.75, 3.05) is 39.3 Å². The summed E-state index contributed by atoms with van der Waals surface area (Å²) in [5.74, 6) is 1.49. The number of carbonyl (C=O) groups excluding carboxylic acids is 2. The van der Waals surface area contributed by atoms with Gasteiger partial charge in [-0.25, -0.2) is 9.78 Å². The van der Waals surface area contributed by atoms with Crippen molar-refractivity contribution in [3.63, 3.8) is 0 Å². The van der Waals surface area contributed by atoms with Gasteiger partial charge in [-0.1, -0.05) is 12.1 Å². The zero-order chi connectivity index (χ0) is 24.4. The number of hydrogen-bond donors (Lipinski definition) is 1. The van der Waals surface area contributed by atoms with E-state index in [0.29, 0.717) is 36.9 Å². The van der Waals surface area contributed by atoms with Crippen LogP contribution in [0.1, 0.15) is 32.0 Å². The first-order valence-corrected chi connectivity index (χ1v) is 10.6. The van der Waals surface area contributed by atoms with E-state index >= 15 is 0 Å². The minimum Gasteiger partial charge on any atom is -0.496 e. The molecule has 0 bridgehead atoms. The van der Waals surface area contributed by atoms with Gasteiger partial charge in [0.15, 0.2) is 0 Å². The van der Waals surface area contributed by atoms with Crippen LogP contribution in [-0.2, 0) is 27.2 Å². The van der Waals surface area contributed by atoms with Crippen molar-refractivity contribution in [3.05, 3.63) is 47.7 Å². The maximum atomic E-state index is 12.3. The number of aromatic nitrogens is 1.